The van der Waals surface area contributed by atoms with Crippen LogP contribution in [0.1, 0.15) is 32.0 Å². The van der Waals surface area contributed by atoms with Gasteiger partial charge >= 0.3 is 11.3 Å². The zero-order valence-electron chi connectivity index (χ0n) is 17.4. The van der Waals surface area contributed by atoms with Gasteiger partial charge in [-0.2, -0.15) is 0 Å². The Balaban J connectivity index is 1.81. The molecule has 1 amide bonds. The molecule has 2 aromatic carbocycles. The van der Waals surface area contributed by atoms with E-state index in [1.807, 2.05) is 36.4 Å². The second kappa shape index (κ2) is 8.25. The van der Waals surface area contributed by atoms with Crippen LogP contribution in [0, 0.1) is 0 Å². The Morgan fingerprint density at radius 3 is 2.81 bits per heavy atom. The molecule has 0 saturated carbocycles. The third-order valence-electron chi connectivity index (χ3n) is 5.31. The van der Waals surface area contributed by atoms with E-state index in [4.69, 9.17) is 14.6 Å². The van der Waals surface area contributed by atoms with Crippen LogP contribution in [0.15, 0.2) is 50.8 Å². The van der Waals surface area contributed by atoms with Gasteiger partial charge in [0, 0.05) is 22.2 Å². The standard InChI is InChI=1S/C22H19BrN4O4S/c1-3-8-32-22-24-20(29)19-13-6-4-5-7-16(13)26(12(2)28)21(27(19)25-22)14-9-17-18(10-15(14)23)31-11-30-17/h4-7,9-10,21H,3,8,11H2,1-2H3/p+1/t21-/m0/s1. The number of halogens is 1. The Morgan fingerprint density at radius 2 is 2.06 bits per heavy atom. The molecule has 0 unspecified atom stereocenters. The average molecular weight is 516 g/mol. The lowest BCUT2D eigenvalue weighted by Crippen LogP contribution is -2.60. The van der Waals surface area contributed by atoms with Gasteiger partial charge in [0.25, 0.3) is 6.17 Å². The number of rotatable bonds is 4. The number of aromatic nitrogens is 3. The highest BCUT2D eigenvalue weighted by molar-refractivity contribution is 9.10. The number of fused-ring (bicyclic) bond motifs is 4. The Hall–Kier alpha value is -2.85. The number of carbonyl (C=O) groups is 1. The van der Waals surface area contributed by atoms with Crippen LogP contribution in [0.25, 0.3) is 11.3 Å². The molecule has 0 bridgehead atoms. The van der Waals surface area contributed by atoms with Crippen molar-refractivity contribution in [3.8, 4) is 22.8 Å². The summed E-state index contributed by atoms with van der Waals surface area (Å²) < 4.78 is 13.4. The second-order valence-electron chi connectivity index (χ2n) is 7.41. The molecular formula is C22H20BrN4O4S+. The Kier molecular flexibility index (Phi) is 5.42. The van der Waals surface area contributed by atoms with Crippen LogP contribution in [0.5, 0.6) is 11.5 Å². The van der Waals surface area contributed by atoms with Crippen LogP contribution in [0.2, 0.25) is 0 Å². The number of aromatic amines is 1. The first kappa shape index (κ1) is 21.0. The molecule has 0 spiro atoms. The van der Waals surface area contributed by atoms with Gasteiger partial charge in [-0.3, -0.25) is 14.6 Å². The quantitative estimate of drug-likeness (QED) is 0.421. The van der Waals surface area contributed by atoms with Crippen molar-refractivity contribution in [1.29, 1.82) is 0 Å². The monoisotopic (exact) mass is 515 g/mol. The highest BCUT2D eigenvalue weighted by atomic mass is 79.9. The van der Waals surface area contributed by atoms with Gasteiger partial charge in [-0.15, -0.1) is 0 Å². The summed E-state index contributed by atoms with van der Waals surface area (Å²) in [4.78, 5) is 30.8. The Morgan fingerprint density at radius 1 is 1.31 bits per heavy atom. The normalized spacial score (nSPS) is 16.0. The molecule has 3 aromatic rings. The van der Waals surface area contributed by atoms with E-state index < -0.39 is 6.17 Å². The van der Waals surface area contributed by atoms with Crippen LogP contribution in [0.4, 0.5) is 5.69 Å². The third-order valence-corrected chi connectivity index (χ3v) is 7.07. The van der Waals surface area contributed by atoms with Crippen molar-refractivity contribution in [1.82, 2.24) is 10.1 Å². The molecular weight excluding hydrogens is 496 g/mol. The molecule has 0 saturated heterocycles. The second-order valence-corrected chi connectivity index (χ2v) is 9.35. The van der Waals surface area contributed by atoms with E-state index in [2.05, 4.69) is 27.8 Å². The minimum atomic E-state index is -0.690. The van der Waals surface area contributed by atoms with Gasteiger partial charge in [-0.1, -0.05) is 46.7 Å². The van der Waals surface area contributed by atoms with E-state index in [0.29, 0.717) is 33.6 Å². The van der Waals surface area contributed by atoms with Gasteiger partial charge in [0.05, 0.1) is 16.8 Å². The molecule has 0 fully saturated rings. The number of hydrogen-bond acceptors (Lipinski definition) is 6. The van der Waals surface area contributed by atoms with Gasteiger partial charge in [0.2, 0.25) is 17.9 Å². The number of anilines is 1. The molecule has 0 radical (unpaired) electrons. The predicted octanol–water partition coefficient (Wildman–Crippen LogP) is 3.63. The maximum absolute atomic E-state index is 13.2. The zero-order valence-corrected chi connectivity index (χ0v) is 19.8. The molecule has 32 heavy (non-hydrogen) atoms. The van der Waals surface area contributed by atoms with Crippen LogP contribution in [-0.4, -0.2) is 28.5 Å². The first-order chi connectivity index (χ1) is 15.5. The molecule has 5 rings (SSSR count). The van der Waals surface area contributed by atoms with Gasteiger partial charge in [0.15, 0.2) is 11.5 Å². The van der Waals surface area contributed by atoms with Crippen molar-refractivity contribution in [3.63, 3.8) is 0 Å². The fraction of sp³-hybridized carbons (Fsp3) is 0.273. The first-order valence-corrected chi connectivity index (χ1v) is 11.9. The molecule has 3 heterocycles. The molecule has 1 atom stereocenters. The number of hydrogen-bond donors (Lipinski definition) is 1. The van der Waals surface area contributed by atoms with Gasteiger partial charge in [0.1, 0.15) is 0 Å². The van der Waals surface area contributed by atoms with E-state index in [1.54, 1.807) is 9.58 Å². The number of amides is 1. The van der Waals surface area contributed by atoms with E-state index in [-0.39, 0.29) is 18.3 Å². The number of ether oxygens (including phenoxy) is 2. The van der Waals surface area contributed by atoms with Crippen LogP contribution < -0.4 is 24.6 Å². The van der Waals surface area contributed by atoms with Gasteiger partial charge < -0.3 is 9.47 Å². The number of H-pyrrole nitrogens is 1. The molecule has 2 aliphatic rings. The van der Waals surface area contributed by atoms with Crippen molar-refractivity contribution in [2.24, 2.45) is 0 Å². The third kappa shape index (κ3) is 3.38. The predicted molar refractivity (Wildman–Crippen MR) is 123 cm³/mol. The maximum atomic E-state index is 13.2. The number of carbonyl (C=O) groups excluding carboxylic acids is 1. The summed E-state index contributed by atoms with van der Waals surface area (Å²) in [5, 5.41) is 5.28. The summed E-state index contributed by atoms with van der Waals surface area (Å²) in [5.74, 6) is 1.84. The van der Waals surface area contributed by atoms with Gasteiger partial charge in [-0.05, 0) is 35.4 Å². The summed E-state index contributed by atoms with van der Waals surface area (Å²) in [6.45, 7) is 3.71. The van der Waals surface area contributed by atoms with Crippen LogP contribution in [0.3, 0.4) is 0 Å². The van der Waals surface area contributed by atoms with Crippen molar-refractivity contribution >= 4 is 39.3 Å². The molecule has 10 heteroatoms. The Bertz CT molecular complexity index is 1300. The lowest BCUT2D eigenvalue weighted by Gasteiger charge is -2.31. The average Bonchev–Trinajstić information content (AvgIpc) is 3.23. The maximum Gasteiger partial charge on any atom is 0.325 e. The number of nitrogens with zero attached hydrogens (tertiary/aromatic N) is 3. The highest BCUT2D eigenvalue weighted by Gasteiger charge is 2.46. The summed E-state index contributed by atoms with van der Waals surface area (Å²) in [6, 6.07) is 11.0. The SMILES string of the molecule is CCCSc1n[n+]2c(c(=O)[nH]1)-c1ccccc1N(C(C)=O)[C@@H]2c1cc2c(cc1Br)OCO2. The van der Waals surface area contributed by atoms with Crippen molar-refractivity contribution < 1.29 is 19.0 Å². The highest BCUT2D eigenvalue weighted by Crippen LogP contribution is 2.43. The smallest absolute Gasteiger partial charge is 0.325 e. The summed E-state index contributed by atoms with van der Waals surface area (Å²) in [5.41, 5.74) is 2.17. The fourth-order valence-corrected chi connectivity index (χ4v) is 5.22. The Labute approximate surface area is 196 Å². The number of thioether (sulfide) groups is 1. The largest absolute Gasteiger partial charge is 0.454 e. The molecule has 2 aliphatic heterocycles. The molecule has 1 aromatic heterocycles. The van der Waals surface area contributed by atoms with Crippen molar-refractivity contribution in [3.05, 3.63) is 56.8 Å². The fourth-order valence-electron chi connectivity index (χ4n) is 3.99. The summed E-state index contributed by atoms with van der Waals surface area (Å²) in [6.07, 6.45) is 0.250. The number of benzene rings is 2. The topological polar surface area (TPSA) is 88.4 Å². The summed E-state index contributed by atoms with van der Waals surface area (Å²) >= 11 is 5.10. The molecule has 8 nitrogen and oxygen atoms in total. The molecule has 0 aliphatic carbocycles. The minimum absolute atomic E-state index is 0.134. The molecule has 164 valence electrons. The lowest BCUT2D eigenvalue weighted by atomic mass is 10.0. The first-order valence-electron chi connectivity index (χ1n) is 10.2. The van der Waals surface area contributed by atoms with E-state index in [1.165, 1.54) is 18.7 Å². The van der Waals surface area contributed by atoms with Crippen molar-refractivity contribution in [2.45, 2.75) is 31.6 Å². The lowest BCUT2D eigenvalue weighted by molar-refractivity contribution is -0.763. The van der Waals surface area contributed by atoms with E-state index >= 15 is 0 Å². The number of nitrogens with one attached hydrogen (secondary N) is 1. The van der Waals surface area contributed by atoms with Crippen LogP contribution >= 0.6 is 27.7 Å². The van der Waals surface area contributed by atoms with E-state index in [9.17, 15) is 9.59 Å². The molecule has 1 N–H and O–H groups in total. The van der Waals surface area contributed by atoms with Gasteiger partial charge in [-0.25, -0.2) is 4.90 Å². The zero-order chi connectivity index (χ0) is 22.4. The van der Waals surface area contributed by atoms with Crippen molar-refractivity contribution in [2.75, 3.05) is 17.4 Å². The summed E-state index contributed by atoms with van der Waals surface area (Å²) in [7, 11) is 0. The van der Waals surface area contributed by atoms with Crippen LogP contribution in [-0.2, 0) is 4.79 Å². The number of para-hydroxylation sites is 1. The minimum Gasteiger partial charge on any atom is -0.454 e. The van der Waals surface area contributed by atoms with E-state index in [0.717, 1.165) is 22.2 Å².